The van der Waals surface area contributed by atoms with Gasteiger partial charge in [-0.3, -0.25) is 9.48 Å². The molecular weight excluding hydrogens is 266 g/mol. The lowest BCUT2D eigenvalue weighted by Gasteiger charge is -2.19. The molecule has 3 heterocycles. The second kappa shape index (κ2) is 5.12. The Hall–Kier alpha value is -1.50. The second-order valence-electron chi connectivity index (χ2n) is 5.74. The van der Waals surface area contributed by atoms with E-state index < -0.39 is 13.0 Å². The van der Waals surface area contributed by atoms with Crippen LogP contribution in [0.5, 0.6) is 0 Å². The number of halogens is 2. The maximum absolute atomic E-state index is 12.5. The van der Waals surface area contributed by atoms with E-state index in [-0.39, 0.29) is 11.6 Å². The first-order chi connectivity index (χ1) is 9.54. The average molecular weight is 284 g/mol. The number of carbonyl (C=O) groups is 1. The second-order valence-corrected chi connectivity index (χ2v) is 5.74. The number of likely N-dealkylation sites (tertiary alicyclic amines) is 2. The molecule has 0 N–H and O–H groups in total. The van der Waals surface area contributed by atoms with Gasteiger partial charge in [-0.25, -0.2) is 8.78 Å². The number of alkyl halides is 2. The van der Waals surface area contributed by atoms with E-state index in [2.05, 4.69) is 17.0 Å². The standard InChI is InChI=1S/C13H18F2N4O/c1-17-4-9-6-18(7-10(9)5-17)13(20)11-2-3-16-19(11)8-12(14)15/h2-3,9-10,12H,4-8H2,1H3/t9-,10+. The Morgan fingerprint density at radius 1 is 1.35 bits per heavy atom. The fourth-order valence-corrected chi connectivity index (χ4v) is 3.35. The molecule has 110 valence electrons. The van der Waals surface area contributed by atoms with Gasteiger partial charge in [0.05, 0.1) is 0 Å². The highest BCUT2D eigenvalue weighted by Gasteiger charge is 2.41. The van der Waals surface area contributed by atoms with E-state index in [9.17, 15) is 13.6 Å². The molecule has 0 saturated carbocycles. The van der Waals surface area contributed by atoms with Crippen LogP contribution in [0.3, 0.4) is 0 Å². The van der Waals surface area contributed by atoms with Gasteiger partial charge in [0.25, 0.3) is 12.3 Å². The monoisotopic (exact) mass is 284 g/mol. The number of aromatic nitrogens is 2. The fourth-order valence-electron chi connectivity index (χ4n) is 3.35. The summed E-state index contributed by atoms with van der Waals surface area (Å²) in [6.45, 7) is 2.91. The summed E-state index contributed by atoms with van der Waals surface area (Å²) in [6.07, 6.45) is -1.10. The van der Waals surface area contributed by atoms with Gasteiger partial charge in [0.1, 0.15) is 12.2 Å². The van der Waals surface area contributed by atoms with Crippen LogP contribution in [0, 0.1) is 11.8 Å². The SMILES string of the molecule is CN1C[C@@H]2CN(C(=O)c3ccnn3CC(F)F)C[C@@H]2C1. The molecule has 2 saturated heterocycles. The minimum atomic E-state index is -2.51. The number of amides is 1. The molecule has 2 aliphatic rings. The average Bonchev–Trinajstić information content (AvgIpc) is 3.01. The van der Waals surface area contributed by atoms with E-state index in [1.807, 2.05) is 0 Å². The van der Waals surface area contributed by atoms with Gasteiger partial charge < -0.3 is 9.80 Å². The summed E-state index contributed by atoms with van der Waals surface area (Å²) in [4.78, 5) is 16.5. The lowest BCUT2D eigenvalue weighted by Crippen LogP contribution is -2.34. The van der Waals surface area contributed by atoms with E-state index in [0.29, 0.717) is 24.9 Å². The predicted octanol–water partition coefficient (Wildman–Crippen LogP) is 0.782. The molecule has 2 fully saturated rings. The molecule has 0 unspecified atom stereocenters. The smallest absolute Gasteiger partial charge is 0.272 e. The van der Waals surface area contributed by atoms with Gasteiger partial charge in [-0.15, -0.1) is 0 Å². The molecule has 5 nitrogen and oxygen atoms in total. The number of fused-ring (bicyclic) bond motifs is 1. The van der Waals surface area contributed by atoms with E-state index in [0.717, 1.165) is 17.8 Å². The van der Waals surface area contributed by atoms with Gasteiger partial charge >= 0.3 is 0 Å². The summed E-state index contributed by atoms with van der Waals surface area (Å²) >= 11 is 0. The van der Waals surface area contributed by atoms with Crippen LogP contribution in [0.1, 0.15) is 10.5 Å². The van der Waals surface area contributed by atoms with Crippen molar-refractivity contribution in [2.75, 3.05) is 33.2 Å². The van der Waals surface area contributed by atoms with Gasteiger partial charge in [-0.05, 0) is 24.9 Å². The van der Waals surface area contributed by atoms with Crippen molar-refractivity contribution in [3.8, 4) is 0 Å². The third-order valence-electron chi connectivity index (χ3n) is 4.20. The van der Waals surface area contributed by atoms with Crippen LogP contribution >= 0.6 is 0 Å². The summed E-state index contributed by atoms with van der Waals surface area (Å²) in [7, 11) is 2.09. The number of carbonyl (C=O) groups excluding carboxylic acids is 1. The number of nitrogens with zero attached hydrogens (tertiary/aromatic N) is 4. The molecule has 20 heavy (non-hydrogen) atoms. The fraction of sp³-hybridized carbons (Fsp3) is 0.692. The first kappa shape index (κ1) is 13.5. The van der Waals surface area contributed by atoms with Crippen molar-refractivity contribution in [1.82, 2.24) is 19.6 Å². The zero-order chi connectivity index (χ0) is 14.3. The first-order valence-electron chi connectivity index (χ1n) is 6.82. The molecule has 0 spiro atoms. The van der Waals surface area contributed by atoms with Gasteiger partial charge in [-0.1, -0.05) is 0 Å². The maximum Gasteiger partial charge on any atom is 0.272 e. The van der Waals surface area contributed by atoms with Crippen molar-refractivity contribution in [2.24, 2.45) is 11.8 Å². The summed E-state index contributed by atoms with van der Waals surface area (Å²) in [6, 6.07) is 1.52. The third-order valence-corrected chi connectivity index (χ3v) is 4.20. The van der Waals surface area contributed by atoms with Gasteiger partial charge in [0.15, 0.2) is 0 Å². The Labute approximate surface area is 116 Å². The van der Waals surface area contributed by atoms with Crippen LogP contribution in [0.25, 0.3) is 0 Å². The number of hydrogen-bond acceptors (Lipinski definition) is 3. The van der Waals surface area contributed by atoms with Crippen molar-refractivity contribution in [2.45, 2.75) is 13.0 Å². The Balaban J connectivity index is 1.70. The lowest BCUT2D eigenvalue weighted by atomic mass is 10.0. The molecule has 2 aliphatic heterocycles. The zero-order valence-electron chi connectivity index (χ0n) is 11.4. The number of rotatable bonds is 3. The van der Waals surface area contributed by atoms with Crippen LogP contribution in [0.2, 0.25) is 0 Å². The van der Waals surface area contributed by atoms with Gasteiger partial charge in [0.2, 0.25) is 0 Å². The van der Waals surface area contributed by atoms with Crippen LogP contribution in [0.15, 0.2) is 12.3 Å². The van der Waals surface area contributed by atoms with Crippen molar-refractivity contribution >= 4 is 5.91 Å². The van der Waals surface area contributed by atoms with Crippen LogP contribution in [-0.4, -0.2) is 65.1 Å². The van der Waals surface area contributed by atoms with Gasteiger partial charge in [-0.2, -0.15) is 5.10 Å². The van der Waals surface area contributed by atoms with E-state index in [4.69, 9.17) is 0 Å². The largest absolute Gasteiger partial charge is 0.337 e. The van der Waals surface area contributed by atoms with E-state index >= 15 is 0 Å². The van der Waals surface area contributed by atoms with Crippen molar-refractivity contribution < 1.29 is 13.6 Å². The first-order valence-corrected chi connectivity index (χ1v) is 6.82. The van der Waals surface area contributed by atoms with Crippen molar-refractivity contribution in [3.63, 3.8) is 0 Å². The highest BCUT2D eigenvalue weighted by Crippen LogP contribution is 2.30. The van der Waals surface area contributed by atoms with Crippen LogP contribution in [-0.2, 0) is 6.54 Å². The molecule has 3 rings (SSSR count). The van der Waals surface area contributed by atoms with Crippen molar-refractivity contribution in [1.29, 1.82) is 0 Å². The normalized spacial score (nSPS) is 26.5. The topological polar surface area (TPSA) is 41.4 Å². The molecule has 2 atom stereocenters. The zero-order valence-corrected chi connectivity index (χ0v) is 11.4. The highest BCUT2D eigenvalue weighted by molar-refractivity contribution is 5.92. The minimum Gasteiger partial charge on any atom is -0.337 e. The summed E-state index contributed by atoms with van der Waals surface area (Å²) in [5, 5.41) is 3.81. The maximum atomic E-state index is 12.5. The third kappa shape index (κ3) is 2.42. The van der Waals surface area contributed by atoms with E-state index in [1.165, 1.54) is 12.3 Å². The molecular formula is C13H18F2N4O. The Bertz CT molecular complexity index is 490. The number of hydrogen-bond donors (Lipinski definition) is 0. The van der Waals surface area contributed by atoms with Gasteiger partial charge in [0, 0.05) is 32.4 Å². The Kier molecular flexibility index (Phi) is 3.45. The molecule has 0 aromatic carbocycles. The minimum absolute atomic E-state index is 0.180. The molecule has 0 bridgehead atoms. The summed E-state index contributed by atoms with van der Waals surface area (Å²) in [5.74, 6) is 0.839. The molecule has 1 aromatic rings. The Morgan fingerprint density at radius 2 is 2.00 bits per heavy atom. The molecule has 1 aromatic heterocycles. The van der Waals surface area contributed by atoms with Crippen LogP contribution < -0.4 is 0 Å². The molecule has 0 radical (unpaired) electrons. The van der Waals surface area contributed by atoms with Crippen LogP contribution in [0.4, 0.5) is 8.78 Å². The molecule has 1 amide bonds. The molecule has 0 aliphatic carbocycles. The quantitative estimate of drug-likeness (QED) is 0.824. The Morgan fingerprint density at radius 3 is 2.60 bits per heavy atom. The summed E-state index contributed by atoms with van der Waals surface area (Å²) in [5.41, 5.74) is 0.263. The highest BCUT2D eigenvalue weighted by atomic mass is 19.3. The summed E-state index contributed by atoms with van der Waals surface area (Å²) < 4.78 is 26.0. The predicted molar refractivity (Wildman–Crippen MR) is 68.6 cm³/mol. The van der Waals surface area contributed by atoms with Crippen molar-refractivity contribution in [3.05, 3.63) is 18.0 Å². The molecule has 7 heteroatoms. The van der Waals surface area contributed by atoms with E-state index in [1.54, 1.807) is 4.90 Å². The lowest BCUT2D eigenvalue weighted by molar-refractivity contribution is 0.0750.